The topological polar surface area (TPSA) is 81.2 Å². The van der Waals surface area contributed by atoms with Gasteiger partial charge in [0.25, 0.3) is 0 Å². The highest BCUT2D eigenvalue weighted by Gasteiger charge is 2.09. The average molecular weight is 219 g/mol. The summed E-state index contributed by atoms with van der Waals surface area (Å²) in [6, 6.07) is 5.69. The Kier molecular flexibility index (Phi) is 4.96. The molecule has 0 aromatic carbocycles. The number of carbonyl (C=O) groups is 1. The van der Waals surface area contributed by atoms with E-state index in [2.05, 4.69) is 4.98 Å². The third kappa shape index (κ3) is 4.53. The summed E-state index contributed by atoms with van der Waals surface area (Å²) in [4.78, 5) is 15.3. The van der Waals surface area contributed by atoms with Crippen LogP contribution in [0.5, 0.6) is 0 Å². The van der Waals surface area contributed by atoms with E-state index in [0.29, 0.717) is 19.5 Å². The van der Waals surface area contributed by atoms with Crippen LogP contribution >= 0.6 is 0 Å². The molecule has 1 aromatic rings. The molecular weight excluding hydrogens is 206 g/mol. The van der Waals surface area contributed by atoms with Crippen LogP contribution in [0, 0.1) is 11.3 Å². The summed E-state index contributed by atoms with van der Waals surface area (Å²) in [5.41, 5.74) is 0.955. The molecule has 84 valence electrons. The third-order valence-corrected chi connectivity index (χ3v) is 2.16. The van der Waals surface area contributed by atoms with Crippen LogP contribution in [-0.4, -0.2) is 24.0 Å². The Balaban J connectivity index is 2.56. The van der Waals surface area contributed by atoms with E-state index < -0.39 is 5.97 Å². The fourth-order valence-corrected chi connectivity index (χ4v) is 1.47. The second-order valence-electron chi connectivity index (χ2n) is 3.49. The molecule has 1 rings (SSSR count). The first kappa shape index (κ1) is 12.1. The van der Waals surface area contributed by atoms with Gasteiger partial charge in [-0.25, -0.2) is 0 Å². The largest absolute Gasteiger partial charge is 0.544 e. The monoisotopic (exact) mass is 219 g/mol. The van der Waals surface area contributed by atoms with Gasteiger partial charge in [-0.3, -0.25) is 4.98 Å². The van der Waals surface area contributed by atoms with Crippen molar-refractivity contribution in [2.45, 2.75) is 13.0 Å². The molecule has 0 bridgehead atoms. The van der Waals surface area contributed by atoms with E-state index in [-0.39, 0.29) is 6.54 Å². The summed E-state index contributed by atoms with van der Waals surface area (Å²) < 4.78 is 0. The zero-order valence-electron chi connectivity index (χ0n) is 8.85. The Morgan fingerprint density at radius 2 is 2.44 bits per heavy atom. The fourth-order valence-electron chi connectivity index (χ4n) is 1.47. The van der Waals surface area contributed by atoms with E-state index in [4.69, 9.17) is 5.26 Å². The van der Waals surface area contributed by atoms with Gasteiger partial charge >= 0.3 is 0 Å². The molecule has 5 nitrogen and oxygen atoms in total. The average Bonchev–Trinajstić information content (AvgIpc) is 2.26. The van der Waals surface area contributed by atoms with E-state index in [1.54, 1.807) is 18.5 Å². The molecule has 1 N–H and O–H groups in total. The second-order valence-corrected chi connectivity index (χ2v) is 3.49. The number of nitrogens with zero attached hydrogens (tertiary/aromatic N) is 2. The molecule has 0 aliphatic rings. The maximum atomic E-state index is 10.5. The van der Waals surface area contributed by atoms with Gasteiger partial charge in [0.15, 0.2) is 0 Å². The molecule has 5 heteroatoms. The van der Waals surface area contributed by atoms with Crippen molar-refractivity contribution in [2.75, 3.05) is 13.1 Å². The fraction of sp³-hybridized carbons (Fsp3) is 0.364. The lowest BCUT2D eigenvalue weighted by molar-refractivity contribution is -0.907. The predicted molar refractivity (Wildman–Crippen MR) is 53.9 cm³/mol. The first-order valence-corrected chi connectivity index (χ1v) is 5.01. The predicted octanol–water partition coefficient (Wildman–Crippen LogP) is -1.87. The Labute approximate surface area is 93.9 Å². The number of rotatable bonds is 6. The van der Waals surface area contributed by atoms with Gasteiger partial charge in [0.2, 0.25) is 0 Å². The highest BCUT2D eigenvalue weighted by atomic mass is 16.4. The van der Waals surface area contributed by atoms with Crippen LogP contribution in [0.25, 0.3) is 0 Å². The molecule has 0 fully saturated rings. The van der Waals surface area contributed by atoms with Crippen LogP contribution in [-0.2, 0) is 11.3 Å². The minimum atomic E-state index is -1.10. The number of nitriles is 1. The molecule has 1 heterocycles. The minimum absolute atomic E-state index is 0.0867. The highest BCUT2D eigenvalue weighted by molar-refractivity contribution is 5.65. The first-order valence-electron chi connectivity index (χ1n) is 5.01. The van der Waals surface area contributed by atoms with Gasteiger partial charge in [-0.15, -0.1) is 0 Å². The van der Waals surface area contributed by atoms with Crippen molar-refractivity contribution in [3.63, 3.8) is 0 Å². The molecular formula is C11H13N3O2. The maximum absolute atomic E-state index is 10.5. The van der Waals surface area contributed by atoms with Crippen molar-refractivity contribution < 1.29 is 14.8 Å². The van der Waals surface area contributed by atoms with Gasteiger partial charge in [0.05, 0.1) is 25.0 Å². The Morgan fingerprint density at radius 1 is 1.62 bits per heavy atom. The number of quaternary nitrogens is 1. The molecule has 1 aromatic heterocycles. The number of aliphatic carboxylic acids is 1. The number of nitrogens with one attached hydrogen (secondary N) is 1. The second kappa shape index (κ2) is 6.53. The number of carbonyl (C=O) groups excluding carboxylic acids is 1. The lowest BCUT2D eigenvalue weighted by Gasteiger charge is -2.18. The van der Waals surface area contributed by atoms with Gasteiger partial charge in [0, 0.05) is 18.0 Å². The molecule has 0 spiro atoms. The first-order chi connectivity index (χ1) is 7.72. The van der Waals surface area contributed by atoms with Crippen LogP contribution in [0.2, 0.25) is 0 Å². The van der Waals surface area contributed by atoms with Crippen LogP contribution in [0.3, 0.4) is 0 Å². The summed E-state index contributed by atoms with van der Waals surface area (Å²) >= 11 is 0. The van der Waals surface area contributed by atoms with Gasteiger partial charge in [-0.1, -0.05) is 6.07 Å². The quantitative estimate of drug-likeness (QED) is 0.607. The van der Waals surface area contributed by atoms with E-state index in [9.17, 15) is 9.90 Å². The van der Waals surface area contributed by atoms with Gasteiger partial charge < -0.3 is 14.8 Å². The molecule has 1 atom stereocenters. The molecule has 1 unspecified atom stereocenters. The zero-order valence-corrected chi connectivity index (χ0v) is 8.85. The molecule has 0 aliphatic carbocycles. The standard InChI is InChI=1S/C11H13N3O2/c12-4-2-6-14(9-11(15)16)8-10-3-1-5-13-7-10/h1,3,5,7H,2,6,8-9H2,(H,15,16). The Hall–Kier alpha value is -1.93. The van der Waals surface area contributed by atoms with Crippen LogP contribution in [0.4, 0.5) is 0 Å². The van der Waals surface area contributed by atoms with Crippen molar-refractivity contribution in [1.29, 1.82) is 5.26 Å². The van der Waals surface area contributed by atoms with E-state index in [1.807, 2.05) is 12.1 Å². The van der Waals surface area contributed by atoms with Crippen molar-refractivity contribution in [1.82, 2.24) is 4.98 Å². The van der Waals surface area contributed by atoms with Crippen LogP contribution in [0.1, 0.15) is 12.0 Å². The van der Waals surface area contributed by atoms with E-state index in [0.717, 1.165) is 10.5 Å². The molecule has 0 radical (unpaired) electrons. The van der Waals surface area contributed by atoms with Crippen LogP contribution < -0.4 is 10.0 Å². The third-order valence-electron chi connectivity index (χ3n) is 2.16. The summed E-state index contributed by atoms with van der Waals surface area (Å²) in [5, 5.41) is 19.0. The molecule has 0 saturated carbocycles. The number of hydrogen-bond acceptors (Lipinski definition) is 4. The zero-order chi connectivity index (χ0) is 11.8. The smallest absolute Gasteiger partial charge is 0.118 e. The normalized spacial score (nSPS) is 11.7. The lowest BCUT2D eigenvalue weighted by Crippen LogP contribution is -3.12. The van der Waals surface area contributed by atoms with Crippen molar-refractivity contribution in [2.24, 2.45) is 0 Å². The number of hydrogen-bond donors (Lipinski definition) is 1. The molecule has 0 amide bonds. The van der Waals surface area contributed by atoms with Crippen molar-refractivity contribution in [3.8, 4) is 6.07 Å². The summed E-state index contributed by atoms with van der Waals surface area (Å²) in [6.07, 6.45) is 3.70. The van der Waals surface area contributed by atoms with Gasteiger partial charge in [-0.05, 0) is 6.07 Å². The van der Waals surface area contributed by atoms with E-state index in [1.165, 1.54) is 0 Å². The summed E-state index contributed by atoms with van der Waals surface area (Å²) in [7, 11) is 0. The van der Waals surface area contributed by atoms with Crippen molar-refractivity contribution >= 4 is 5.97 Å². The SMILES string of the molecule is N#CCC[NH+](CC(=O)[O-])Cc1cccnc1. The summed E-state index contributed by atoms with van der Waals surface area (Å²) in [6.45, 7) is 0.958. The molecule has 16 heavy (non-hydrogen) atoms. The highest BCUT2D eigenvalue weighted by Crippen LogP contribution is 1.91. The minimum Gasteiger partial charge on any atom is -0.544 e. The molecule has 0 saturated heterocycles. The van der Waals surface area contributed by atoms with Crippen LogP contribution in [0.15, 0.2) is 24.5 Å². The molecule has 0 aliphatic heterocycles. The maximum Gasteiger partial charge on any atom is 0.118 e. The number of carboxylic acids is 1. The van der Waals surface area contributed by atoms with Crippen molar-refractivity contribution in [3.05, 3.63) is 30.1 Å². The summed E-state index contributed by atoms with van der Waals surface area (Å²) in [5.74, 6) is -1.10. The Morgan fingerprint density at radius 3 is 3.00 bits per heavy atom. The number of pyridine rings is 1. The van der Waals surface area contributed by atoms with Gasteiger partial charge in [0.1, 0.15) is 13.1 Å². The number of carboxylic acid groups (broad SMARTS) is 1. The van der Waals surface area contributed by atoms with Gasteiger partial charge in [-0.2, -0.15) is 5.26 Å². The Bertz CT molecular complexity index is 373. The number of aromatic nitrogens is 1. The van der Waals surface area contributed by atoms with E-state index >= 15 is 0 Å². The lowest BCUT2D eigenvalue weighted by atomic mass is 10.2.